The Morgan fingerprint density at radius 1 is 0.964 bits per heavy atom. The summed E-state index contributed by atoms with van der Waals surface area (Å²) in [7, 11) is 0. The third-order valence-electron chi connectivity index (χ3n) is 3.77. The van der Waals surface area contributed by atoms with E-state index in [1.165, 1.54) is 6.21 Å². The molecule has 0 spiro atoms. The largest absolute Gasteiger partial charge is 0.488 e. The van der Waals surface area contributed by atoms with Crippen LogP contribution in [0, 0.1) is 0 Å². The number of hydrogen-bond acceptors (Lipinski definition) is 3. The summed E-state index contributed by atoms with van der Waals surface area (Å²) in [6.45, 7) is 0.311. The predicted octanol–water partition coefficient (Wildman–Crippen LogP) is 5.99. The number of amides is 1. The van der Waals surface area contributed by atoms with Gasteiger partial charge in [0.15, 0.2) is 0 Å². The molecule has 4 nitrogen and oxygen atoms in total. The fourth-order valence-corrected chi connectivity index (χ4v) is 2.93. The normalized spacial score (nSPS) is 10.8. The van der Waals surface area contributed by atoms with Crippen LogP contribution in [0.5, 0.6) is 5.75 Å². The highest BCUT2D eigenvalue weighted by Gasteiger charge is 2.11. The van der Waals surface area contributed by atoms with Crippen LogP contribution in [0.4, 0.5) is 0 Å². The van der Waals surface area contributed by atoms with Gasteiger partial charge < -0.3 is 4.74 Å². The van der Waals surface area contributed by atoms with Gasteiger partial charge in [0.2, 0.25) is 0 Å². The van der Waals surface area contributed by atoms with Crippen LogP contribution < -0.4 is 10.2 Å². The first-order valence-electron chi connectivity index (χ1n) is 8.27. The van der Waals surface area contributed by atoms with E-state index in [1.54, 1.807) is 54.6 Å². The number of para-hydroxylation sites is 1. The SMILES string of the molecule is O=C(N/N=C/c1ccc(Cl)cc1Cl)c1ccccc1OCc1ccc(Cl)cc1. The minimum absolute atomic E-state index is 0.311. The van der Waals surface area contributed by atoms with E-state index in [4.69, 9.17) is 39.5 Å². The lowest BCUT2D eigenvalue weighted by Crippen LogP contribution is -2.18. The lowest BCUT2D eigenvalue weighted by molar-refractivity contribution is 0.0950. The zero-order valence-corrected chi connectivity index (χ0v) is 16.8. The first-order valence-corrected chi connectivity index (χ1v) is 9.41. The van der Waals surface area contributed by atoms with Gasteiger partial charge in [-0.2, -0.15) is 5.10 Å². The smallest absolute Gasteiger partial charge is 0.275 e. The summed E-state index contributed by atoms with van der Waals surface area (Å²) in [6, 6.07) is 19.3. The lowest BCUT2D eigenvalue weighted by atomic mass is 10.2. The molecule has 142 valence electrons. The van der Waals surface area contributed by atoms with Gasteiger partial charge in [-0.3, -0.25) is 4.79 Å². The quantitative estimate of drug-likeness (QED) is 0.383. The molecule has 0 atom stereocenters. The van der Waals surface area contributed by atoms with Gasteiger partial charge >= 0.3 is 0 Å². The van der Waals surface area contributed by atoms with Crippen LogP contribution >= 0.6 is 34.8 Å². The summed E-state index contributed by atoms with van der Waals surface area (Å²) >= 11 is 17.8. The van der Waals surface area contributed by atoms with Crippen molar-refractivity contribution in [2.75, 3.05) is 0 Å². The summed E-state index contributed by atoms with van der Waals surface area (Å²) in [6.07, 6.45) is 1.45. The highest BCUT2D eigenvalue weighted by molar-refractivity contribution is 6.36. The molecule has 0 saturated heterocycles. The van der Waals surface area contributed by atoms with E-state index in [0.717, 1.165) is 5.56 Å². The van der Waals surface area contributed by atoms with Crippen LogP contribution in [-0.4, -0.2) is 12.1 Å². The fraction of sp³-hybridized carbons (Fsp3) is 0.0476. The molecule has 0 radical (unpaired) electrons. The molecular formula is C21H15Cl3N2O2. The summed E-state index contributed by atoms with van der Waals surface area (Å²) in [4.78, 5) is 12.5. The Kier molecular flexibility index (Phi) is 6.93. The summed E-state index contributed by atoms with van der Waals surface area (Å²) < 4.78 is 5.79. The molecule has 3 aromatic carbocycles. The maximum Gasteiger partial charge on any atom is 0.275 e. The number of nitrogens with one attached hydrogen (secondary N) is 1. The minimum Gasteiger partial charge on any atom is -0.488 e. The minimum atomic E-state index is -0.395. The van der Waals surface area contributed by atoms with Gasteiger partial charge in [0.05, 0.1) is 16.8 Å². The van der Waals surface area contributed by atoms with Crippen molar-refractivity contribution in [1.29, 1.82) is 0 Å². The molecule has 28 heavy (non-hydrogen) atoms. The Morgan fingerprint density at radius 3 is 2.43 bits per heavy atom. The van der Waals surface area contributed by atoms with Crippen molar-refractivity contribution in [3.05, 3.63) is 98.5 Å². The molecule has 0 saturated carbocycles. The zero-order chi connectivity index (χ0) is 19.9. The van der Waals surface area contributed by atoms with Crippen LogP contribution in [0.2, 0.25) is 15.1 Å². The van der Waals surface area contributed by atoms with E-state index in [9.17, 15) is 4.79 Å². The molecule has 0 aliphatic heterocycles. The second-order valence-electron chi connectivity index (χ2n) is 5.78. The molecule has 0 bridgehead atoms. The summed E-state index contributed by atoms with van der Waals surface area (Å²) in [5, 5.41) is 5.58. The first kappa shape index (κ1) is 20.2. The number of carbonyl (C=O) groups excluding carboxylic acids is 1. The Balaban J connectivity index is 1.66. The average Bonchev–Trinajstić information content (AvgIpc) is 2.69. The first-order chi connectivity index (χ1) is 13.5. The van der Waals surface area contributed by atoms with Gasteiger partial charge in [-0.1, -0.05) is 65.1 Å². The fourth-order valence-electron chi connectivity index (χ4n) is 2.35. The second kappa shape index (κ2) is 9.60. The standard InChI is InChI=1S/C21H15Cl3N2O2/c22-16-8-5-14(6-9-16)13-28-20-4-2-1-3-18(20)21(27)26-25-12-15-7-10-17(23)11-19(15)24/h1-12H,13H2,(H,26,27)/b25-12+. The molecule has 3 aromatic rings. The van der Waals surface area contributed by atoms with Crippen LogP contribution in [0.25, 0.3) is 0 Å². The van der Waals surface area contributed by atoms with Crippen LogP contribution in [0.3, 0.4) is 0 Å². The van der Waals surface area contributed by atoms with Crippen LogP contribution in [0.15, 0.2) is 71.8 Å². The van der Waals surface area contributed by atoms with Crippen LogP contribution in [-0.2, 0) is 6.61 Å². The molecule has 3 rings (SSSR count). The molecule has 0 aromatic heterocycles. The highest BCUT2D eigenvalue weighted by Crippen LogP contribution is 2.21. The molecule has 0 unspecified atom stereocenters. The van der Waals surface area contributed by atoms with E-state index in [0.29, 0.717) is 38.6 Å². The molecule has 1 amide bonds. The van der Waals surface area contributed by atoms with Crippen LogP contribution in [0.1, 0.15) is 21.5 Å². The maximum atomic E-state index is 12.5. The number of hydrazone groups is 1. The number of ether oxygens (including phenoxy) is 1. The Hall–Kier alpha value is -2.53. The van der Waals surface area contributed by atoms with E-state index < -0.39 is 5.91 Å². The van der Waals surface area contributed by atoms with Gasteiger partial charge in [0, 0.05) is 15.6 Å². The second-order valence-corrected chi connectivity index (χ2v) is 7.06. The summed E-state index contributed by atoms with van der Waals surface area (Å²) in [5.41, 5.74) is 4.43. The van der Waals surface area contributed by atoms with Gasteiger partial charge in [-0.25, -0.2) is 5.43 Å². The maximum absolute atomic E-state index is 12.5. The van der Waals surface area contributed by atoms with Crippen molar-refractivity contribution < 1.29 is 9.53 Å². The Morgan fingerprint density at radius 2 is 1.68 bits per heavy atom. The molecular weight excluding hydrogens is 419 g/mol. The van der Waals surface area contributed by atoms with Gasteiger partial charge in [-0.15, -0.1) is 0 Å². The lowest BCUT2D eigenvalue weighted by Gasteiger charge is -2.10. The molecule has 0 aliphatic carbocycles. The van der Waals surface area contributed by atoms with Crippen molar-refractivity contribution in [2.24, 2.45) is 5.10 Å². The number of nitrogens with zero attached hydrogens (tertiary/aromatic N) is 1. The van der Waals surface area contributed by atoms with Gasteiger partial charge in [0.25, 0.3) is 5.91 Å². The number of halogens is 3. The van der Waals surface area contributed by atoms with E-state index in [-0.39, 0.29) is 0 Å². The molecule has 7 heteroatoms. The van der Waals surface area contributed by atoms with Crippen molar-refractivity contribution in [3.8, 4) is 5.75 Å². The third kappa shape index (κ3) is 5.49. The van der Waals surface area contributed by atoms with Crippen molar-refractivity contribution >= 4 is 46.9 Å². The van der Waals surface area contributed by atoms with Gasteiger partial charge in [-0.05, 0) is 42.0 Å². The predicted molar refractivity (Wildman–Crippen MR) is 114 cm³/mol. The van der Waals surface area contributed by atoms with E-state index >= 15 is 0 Å². The van der Waals surface area contributed by atoms with Crippen molar-refractivity contribution in [1.82, 2.24) is 5.43 Å². The van der Waals surface area contributed by atoms with Crippen molar-refractivity contribution in [2.45, 2.75) is 6.61 Å². The zero-order valence-electron chi connectivity index (χ0n) is 14.5. The van der Waals surface area contributed by atoms with Gasteiger partial charge in [0.1, 0.15) is 12.4 Å². The average molecular weight is 434 g/mol. The highest BCUT2D eigenvalue weighted by atomic mass is 35.5. The van der Waals surface area contributed by atoms with Crippen molar-refractivity contribution in [3.63, 3.8) is 0 Å². The van der Waals surface area contributed by atoms with E-state index in [1.807, 2.05) is 12.1 Å². The third-order valence-corrected chi connectivity index (χ3v) is 4.59. The Bertz CT molecular complexity index is 1000. The molecule has 0 heterocycles. The molecule has 1 N–H and O–H groups in total. The summed E-state index contributed by atoms with van der Waals surface area (Å²) in [5.74, 6) is 0.0581. The molecule has 0 aliphatic rings. The monoisotopic (exact) mass is 432 g/mol. The topological polar surface area (TPSA) is 50.7 Å². The van der Waals surface area contributed by atoms with E-state index in [2.05, 4.69) is 10.5 Å². The number of rotatable bonds is 6. The molecule has 0 fully saturated rings. The number of hydrogen-bond donors (Lipinski definition) is 1. The number of carbonyl (C=O) groups is 1. The Labute approximate surface area is 177 Å². The number of benzene rings is 3.